The van der Waals surface area contributed by atoms with Crippen molar-refractivity contribution in [2.75, 3.05) is 45.8 Å². The van der Waals surface area contributed by atoms with Crippen molar-refractivity contribution < 1.29 is 9.28 Å². The van der Waals surface area contributed by atoms with E-state index in [1.807, 2.05) is 36.4 Å². The molecular formula is C27H28BN2O. The Kier molecular flexibility index (Phi) is 5.51. The Morgan fingerprint density at radius 1 is 0.806 bits per heavy atom. The third-order valence-corrected chi connectivity index (χ3v) is 7.07. The zero-order valence-electron chi connectivity index (χ0n) is 18.0. The number of benzene rings is 3. The van der Waals surface area contributed by atoms with E-state index in [1.165, 1.54) is 22.3 Å². The Morgan fingerprint density at radius 2 is 1.45 bits per heavy atom. The minimum Gasteiger partial charge on any atom is -0.580 e. The number of hydrogen-bond acceptors (Lipinski definition) is 2. The van der Waals surface area contributed by atoms with Crippen LogP contribution < -0.4 is 5.46 Å². The second-order valence-electron chi connectivity index (χ2n) is 9.05. The van der Waals surface area contributed by atoms with Crippen LogP contribution in [0, 0.1) is 0 Å². The van der Waals surface area contributed by atoms with Crippen LogP contribution in [0.3, 0.4) is 0 Å². The van der Waals surface area contributed by atoms with Gasteiger partial charge in [-0.15, -0.1) is 12.1 Å². The first-order valence-corrected chi connectivity index (χ1v) is 11.2. The van der Waals surface area contributed by atoms with Crippen LogP contribution in [0.1, 0.15) is 21.5 Å². The second-order valence-corrected chi connectivity index (χ2v) is 9.05. The van der Waals surface area contributed by atoms with Crippen LogP contribution in [0.2, 0.25) is 0 Å². The van der Waals surface area contributed by atoms with Crippen molar-refractivity contribution in [2.24, 2.45) is 0 Å². The highest BCUT2D eigenvalue weighted by molar-refractivity contribution is 6.32. The third-order valence-electron chi connectivity index (χ3n) is 7.07. The molecule has 4 aliphatic rings. The molecule has 0 aromatic heterocycles. The highest BCUT2D eigenvalue weighted by Crippen LogP contribution is 2.36. The lowest BCUT2D eigenvalue weighted by atomic mass is 9.97. The summed E-state index contributed by atoms with van der Waals surface area (Å²) >= 11 is 0. The van der Waals surface area contributed by atoms with Crippen molar-refractivity contribution in [3.63, 3.8) is 0 Å². The summed E-state index contributed by atoms with van der Waals surface area (Å²) in [5, 5.41) is 0. The summed E-state index contributed by atoms with van der Waals surface area (Å²) in [6.45, 7) is 7.58. The summed E-state index contributed by atoms with van der Waals surface area (Å²) < 4.78 is 1.01. The fraction of sp³-hybridized carbons (Fsp3) is 0.296. The molecule has 4 heteroatoms. The van der Waals surface area contributed by atoms with E-state index in [4.69, 9.17) is 7.85 Å². The van der Waals surface area contributed by atoms with E-state index in [0.29, 0.717) is 12.3 Å². The third kappa shape index (κ3) is 4.23. The predicted molar refractivity (Wildman–Crippen MR) is 127 cm³/mol. The number of Topliss-reactive ketones (excluding diaryl/α,β-unsaturated/α-hetero) is 1. The lowest BCUT2D eigenvalue weighted by molar-refractivity contribution is -0.933. The van der Waals surface area contributed by atoms with Gasteiger partial charge in [0.1, 0.15) is 6.54 Å². The van der Waals surface area contributed by atoms with E-state index < -0.39 is 0 Å². The molecule has 0 atom stereocenters. The molecule has 3 aromatic carbocycles. The average Bonchev–Trinajstić information content (AvgIpc) is 3.19. The summed E-state index contributed by atoms with van der Waals surface area (Å²) in [5.74, 6) is 0.323. The van der Waals surface area contributed by atoms with Crippen molar-refractivity contribution in [3.05, 3.63) is 89.5 Å². The molecule has 3 radical (unpaired) electrons. The van der Waals surface area contributed by atoms with E-state index in [9.17, 15) is 4.79 Å². The van der Waals surface area contributed by atoms with Crippen molar-refractivity contribution in [3.8, 4) is 11.1 Å². The zero-order chi connectivity index (χ0) is 21.3. The highest BCUT2D eigenvalue weighted by Gasteiger charge is 2.40. The monoisotopic (exact) mass is 407 g/mol. The maximum atomic E-state index is 12.9. The molecule has 0 amide bonds. The largest absolute Gasteiger partial charge is 0.580 e. The van der Waals surface area contributed by atoms with Gasteiger partial charge in [-0.3, -0.25) is 9.69 Å². The fourth-order valence-electron chi connectivity index (χ4n) is 5.14. The standard InChI is InChI=1S/C21H23N2O.C6H5B/c24-21(15-23-10-7-22(8-11-23)9-12-23)17-5-6-20-18(14-17)13-16-3-1-2-4-19(16)20;7-6-4-2-1-3-5-6/h1-6,14H,7-13,15H2;1-5H/q+1;-1. The minimum absolute atomic E-state index is 0.323. The second kappa shape index (κ2) is 8.45. The van der Waals surface area contributed by atoms with E-state index in [2.05, 4.69) is 41.3 Å². The molecule has 0 N–H and O–H groups in total. The first-order valence-electron chi connectivity index (χ1n) is 11.2. The SMILES string of the molecule is O=C(C[N+]12CCN(CC1)CC2)c1ccc2c(c1)Cc1ccccc1-2.[B-]c1ccccc1. The molecule has 7 rings (SSSR count). The van der Waals surface area contributed by atoms with Gasteiger partial charge >= 0.3 is 0 Å². The van der Waals surface area contributed by atoms with Crippen LogP contribution >= 0.6 is 0 Å². The highest BCUT2D eigenvalue weighted by atomic mass is 16.1. The molecule has 155 valence electrons. The van der Waals surface area contributed by atoms with Gasteiger partial charge in [0.25, 0.3) is 0 Å². The lowest BCUT2D eigenvalue weighted by Gasteiger charge is -2.50. The van der Waals surface area contributed by atoms with Crippen LogP contribution in [0.15, 0.2) is 72.8 Å². The summed E-state index contributed by atoms with van der Waals surface area (Å²) in [6.07, 6.45) is 0.960. The smallest absolute Gasteiger partial charge is 0.216 e. The molecule has 3 fully saturated rings. The van der Waals surface area contributed by atoms with Gasteiger partial charge in [0.15, 0.2) is 0 Å². The fourth-order valence-corrected chi connectivity index (χ4v) is 5.14. The summed E-state index contributed by atoms with van der Waals surface area (Å²) in [5.41, 5.74) is 7.06. The van der Waals surface area contributed by atoms with Crippen molar-refractivity contribution >= 4 is 19.1 Å². The normalized spacial score (nSPS) is 22.8. The predicted octanol–water partition coefficient (Wildman–Crippen LogP) is 3.07. The molecule has 3 aliphatic heterocycles. The Bertz CT molecular complexity index is 1070. The number of fused-ring (bicyclic) bond motifs is 6. The Balaban J connectivity index is 0.000000250. The van der Waals surface area contributed by atoms with Gasteiger partial charge in [0.2, 0.25) is 5.78 Å². The number of nitrogens with zero attached hydrogens (tertiary/aromatic N) is 2. The Hall–Kier alpha value is -2.69. The zero-order valence-corrected chi connectivity index (χ0v) is 18.0. The molecule has 3 nitrogen and oxygen atoms in total. The molecular weight excluding hydrogens is 379 g/mol. The molecule has 3 aromatic rings. The van der Waals surface area contributed by atoms with Gasteiger partial charge in [-0.2, -0.15) is 0 Å². The number of hydrogen-bond donors (Lipinski definition) is 0. The number of piperazine rings is 3. The molecule has 31 heavy (non-hydrogen) atoms. The van der Waals surface area contributed by atoms with Crippen LogP contribution in [0.4, 0.5) is 0 Å². The topological polar surface area (TPSA) is 20.3 Å². The first kappa shape index (κ1) is 20.2. The van der Waals surface area contributed by atoms with Crippen LogP contribution in [-0.2, 0) is 6.42 Å². The van der Waals surface area contributed by atoms with E-state index in [0.717, 1.165) is 61.2 Å². The summed E-state index contributed by atoms with van der Waals surface area (Å²) in [7, 11) is 5.36. The van der Waals surface area contributed by atoms with Crippen LogP contribution in [0.25, 0.3) is 11.1 Å². The average molecular weight is 407 g/mol. The van der Waals surface area contributed by atoms with Crippen molar-refractivity contribution in [2.45, 2.75) is 6.42 Å². The number of carbonyl (C=O) groups excluding carboxylic acids is 1. The lowest BCUT2D eigenvalue weighted by Crippen LogP contribution is -2.68. The van der Waals surface area contributed by atoms with E-state index in [1.54, 1.807) is 0 Å². The van der Waals surface area contributed by atoms with Gasteiger partial charge < -0.3 is 17.8 Å². The summed E-state index contributed by atoms with van der Waals surface area (Å²) in [6, 6.07) is 24.4. The van der Waals surface area contributed by atoms with Crippen molar-refractivity contribution in [1.29, 1.82) is 0 Å². The molecule has 0 unspecified atom stereocenters. The van der Waals surface area contributed by atoms with E-state index >= 15 is 0 Å². The Labute approximate surface area is 186 Å². The van der Waals surface area contributed by atoms with Crippen LogP contribution in [-0.4, -0.2) is 68.8 Å². The minimum atomic E-state index is 0.323. The molecule has 3 heterocycles. The number of quaternary nitrogens is 1. The maximum Gasteiger partial charge on any atom is 0.216 e. The van der Waals surface area contributed by atoms with Crippen LogP contribution in [0.5, 0.6) is 0 Å². The number of carbonyl (C=O) groups is 1. The van der Waals surface area contributed by atoms with Gasteiger partial charge in [-0.1, -0.05) is 54.6 Å². The van der Waals surface area contributed by atoms with Gasteiger partial charge in [-0.25, -0.2) is 0 Å². The molecule has 3 saturated heterocycles. The number of ketones is 1. The van der Waals surface area contributed by atoms with Crippen molar-refractivity contribution in [1.82, 2.24) is 4.90 Å². The summed E-state index contributed by atoms with van der Waals surface area (Å²) in [4.78, 5) is 15.5. The van der Waals surface area contributed by atoms with E-state index in [-0.39, 0.29) is 0 Å². The maximum absolute atomic E-state index is 12.9. The molecule has 2 bridgehead atoms. The van der Waals surface area contributed by atoms with Gasteiger partial charge in [-0.05, 0) is 34.7 Å². The molecule has 1 aliphatic carbocycles. The Morgan fingerprint density at radius 3 is 2.13 bits per heavy atom. The molecule has 0 saturated carbocycles. The van der Waals surface area contributed by atoms with Gasteiger partial charge in [0.05, 0.1) is 19.6 Å². The van der Waals surface area contributed by atoms with Gasteiger partial charge in [0, 0.05) is 25.2 Å². The molecule has 0 spiro atoms. The quantitative estimate of drug-likeness (QED) is 0.296. The number of rotatable bonds is 3. The first-order chi connectivity index (χ1) is 15.1.